The highest BCUT2D eigenvalue weighted by atomic mass is 16.5. The van der Waals surface area contributed by atoms with Gasteiger partial charge in [0.25, 0.3) is 0 Å². The molecule has 0 bridgehead atoms. The van der Waals surface area contributed by atoms with Crippen LogP contribution in [0.15, 0.2) is 0 Å². The molecule has 2 N–H and O–H groups in total. The van der Waals surface area contributed by atoms with Gasteiger partial charge >= 0.3 is 0 Å². The van der Waals surface area contributed by atoms with Gasteiger partial charge in [-0.25, -0.2) is 0 Å². The lowest BCUT2D eigenvalue weighted by Crippen LogP contribution is -2.39. The SMILES string of the molecule is CCCCOC1CCCCC1N. The van der Waals surface area contributed by atoms with Gasteiger partial charge in [-0.1, -0.05) is 26.2 Å². The van der Waals surface area contributed by atoms with Crippen molar-refractivity contribution in [3.63, 3.8) is 0 Å². The molecule has 0 aliphatic heterocycles. The van der Waals surface area contributed by atoms with Crippen LogP contribution in [-0.2, 0) is 4.74 Å². The molecule has 0 aromatic rings. The Morgan fingerprint density at radius 3 is 2.75 bits per heavy atom. The van der Waals surface area contributed by atoms with Crippen molar-refractivity contribution in [3.05, 3.63) is 0 Å². The summed E-state index contributed by atoms with van der Waals surface area (Å²) in [5.41, 5.74) is 5.94. The van der Waals surface area contributed by atoms with Gasteiger partial charge in [-0.2, -0.15) is 0 Å². The Morgan fingerprint density at radius 2 is 2.08 bits per heavy atom. The van der Waals surface area contributed by atoms with Gasteiger partial charge in [0.1, 0.15) is 0 Å². The maximum atomic E-state index is 5.94. The summed E-state index contributed by atoms with van der Waals surface area (Å²) in [6, 6.07) is 0.301. The molecule has 0 heterocycles. The van der Waals surface area contributed by atoms with Crippen LogP contribution in [0, 0.1) is 0 Å². The first kappa shape index (κ1) is 10.0. The van der Waals surface area contributed by atoms with Crippen LogP contribution >= 0.6 is 0 Å². The predicted molar refractivity (Wildman–Crippen MR) is 51.1 cm³/mol. The van der Waals surface area contributed by atoms with Crippen molar-refractivity contribution in [2.24, 2.45) is 5.73 Å². The second-order valence-electron chi connectivity index (χ2n) is 3.71. The molecule has 2 heteroatoms. The van der Waals surface area contributed by atoms with Crippen LogP contribution in [0.4, 0.5) is 0 Å². The van der Waals surface area contributed by atoms with E-state index in [9.17, 15) is 0 Å². The largest absolute Gasteiger partial charge is 0.377 e. The smallest absolute Gasteiger partial charge is 0.0725 e. The third-order valence-corrected chi connectivity index (χ3v) is 2.58. The third-order valence-electron chi connectivity index (χ3n) is 2.58. The number of hydrogen-bond acceptors (Lipinski definition) is 2. The molecule has 1 aliphatic rings. The molecule has 0 radical (unpaired) electrons. The molecule has 0 saturated heterocycles. The lowest BCUT2D eigenvalue weighted by atomic mass is 9.93. The molecule has 72 valence electrons. The standard InChI is InChI=1S/C10H21NO/c1-2-3-8-12-10-7-5-4-6-9(10)11/h9-10H,2-8,11H2,1H3. The van der Waals surface area contributed by atoms with E-state index in [0.717, 1.165) is 13.0 Å². The van der Waals surface area contributed by atoms with E-state index in [1.54, 1.807) is 0 Å². The Bertz CT molecular complexity index is 116. The first-order valence-electron chi connectivity index (χ1n) is 5.21. The number of unbranched alkanes of at least 4 members (excludes halogenated alkanes) is 1. The number of nitrogens with two attached hydrogens (primary N) is 1. The highest BCUT2D eigenvalue weighted by Crippen LogP contribution is 2.19. The van der Waals surface area contributed by atoms with Gasteiger partial charge in [0.15, 0.2) is 0 Å². The molecule has 2 unspecified atom stereocenters. The van der Waals surface area contributed by atoms with Gasteiger partial charge in [-0.15, -0.1) is 0 Å². The molecule has 0 amide bonds. The fraction of sp³-hybridized carbons (Fsp3) is 1.00. The minimum absolute atomic E-state index is 0.301. The van der Waals surface area contributed by atoms with Crippen LogP contribution in [0.5, 0.6) is 0 Å². The summed E-state index contributed by atoms with van der Waals surface area (Å²) in [4.78, 5) is 0. The lowest BCUT2D eigenvalue weighted by Gasteiger charge is -2.28. The molecule has 1 fully saturated rings. The van der Waals surface area contributed by atoms with Crippen LogP contribution in [-0.4, -0.2) is 18.8 Å². The summed E-state index contributed by atoms with van der Waals surface area (Å²) in [7, 11) is 0. The summed E-state index contributed by atoms with van der Waals surface area (Å²) in [5, 5.41) is 0. The zero-order chi connectivity index (χ0) is 8.81. The third kappa shape index (κ3) is 3.11. The van der Waals surface area contributed by atoms with Crippen molar-refractivity contribution < 1.29 is 4.74 Å². The van der Waals surface area contributed by atoms with Crippen molar-refractivity contribution in [1.82, 2.24) is 0 Å². The van der Waals surface area contributed by atoms with Gasteiger partial charge < -0.3 is 10.5 Å². The maximum absolute atomic E-state index is 5.94. The van der Waals surface area contributed by atoms with Crippen LogP contribution in [0.2, 0.25) is 0 Å². The van der Waals surface area contributed by atoms with Gasteiger partial charge in [0.2, 0.25) is 0 Å². The lowest BCUT2D eigenvalue weighted by molar-refractivity contribution is 0.0138. The second kappa shape index (κ2) is 5.55. The van der Waals surface area contributed by atoms with E-state index in [1.165, 1.54) is 32.1 Å². The Hall–Kier alpha value is -0.0800. The predicted octanol–water partition coefficient (Wildman–Crippen LogP) is 2.07. The molecule has 0 aromatic heterocycles. The second-order valence-corrected chi connectivity index (χ2v) is 3.71. The van der Waals surface area contributed by atoms with E-state index in [4.69, 9.17) is 10.5 Å². The average Bonchev–Trinajstić information content (AvgIpc) is 2.09. The van der Waals surface area contributed by atoms with E-state index < -0.39 is 0 Å². The summed E-state index contributed by atoms with van der Waals surface area (Å²) in [6.45, 7) is 3.08. The monoisotopic (exact) mass is 171 g/mol. The molecule has 12 heavy (non-hydrogen) atoms. The van der Waals surface area contributed by atoms with E-state index in [-0.39, 0.29) is 0 Å². The minimum atomic E-state index is 0.301. The first-order valence-corrected chi connectivity index (χ1v) is 5.21. The van der Waals surface area contributed by atoms with Crippen LogP contribution < -0.4 is 5.73 Å². The molecular formula is C10H21NO. The Balaban J connectivity index is 2.11. The molecule has 1 aliphatic carbocycles. The fourth-order valence-electron chi connectivity index (χ4n) is 1.71. The highest BCUT2D eigenvalue weighted by Gasteiger charge is 2.21. The van der Waals surface area contributed by atoms with E-state index >= 15 is 0 Å². The molecule has 2 atom stereocenters. The fourth-order valence-corrected chi connectivity index (χ4v) is 1.71. The first-order chi connectivity index (χ1) is 5.84. The molecule has 1 rings (SSSR count). The van der Waals surface area contributed by atoms with Crippen molar-refractivity contribution in [2.75, 3.05) is 6.61 Å². The van der Waals surface area contributed by atoms with Crippen LogP contribution in [0.1, 0.15) is 45.4 Å². The summed E-state index contributed by atoms with van der Waals surface area (Å²) in [5.74, 6) is 0. The molecule has 0 spiro atoms. The molecular weight excluding hydrogens is 150 g/mol. The van der Waals surface area contributed by atoms with Crippen LogP contribution in [0.25, 0.3) is 0 Å². The molecule has 2 nitrogen and oxygen atoms in total. The van der Waals surface area contributed by atoms with Gasteiger partial charge in [-0.05, 0) is 19.3 Å². The molecule has 0 aromatic carbocycles. The van der Waals surface area contributed by atoms with E-state index in [2.05, 4.69) is 6.92 Å². The summed E-state index contributed by atoms with van der Waals surface area (Å²) in [6.07, 6.45) is 7.64. The summed E-state index contributed by atoms with van der Waals surface area (Å²) < 4.78 is 5.71. The topological polar surface area (TPSA) is 35.2 Å². The van der Waals surface area contributed by atoms with E-state index in [0.29, 0.717) is 12.1 Å². The quantitative estimate of drug-likeness (QED) is 0.657. The van der Waals surface area contributed by atoms with E-state index in [1.807, 2.05) is 0 Å². The number of ether oxygens (including phenoxy) is 1. The summed E-state index contributed by atoms with van der Waals surface area (Å²) >= 11 is 0. The van der Waals surface area contributed by atoms with Crippen molar-refractivity contribution >= 4 is 0 Å². The molecule has 1 saturated carbocycles. The van der Waals surface area contributed by atoms with Crippen molar-refractivity contribution in [2.45, 2.75) is 57.6 Å². The van der Waals surface area contributed by atoms with Crippen molar-refractivity contribution in [1.29, 1.82) is 0 Å². The Morgan fingerprint density at radius 1 is 1.33 bits per heavy atom. The Labute approximate surface area is 75.5 Å². The minimum Gasteiger partial charge on any atom is -0.377 e. The maximum Gasteiger partial charge on any atom is 0.0725 e. The average molecular weight is 171 g/mol. The highest BCUT2D eigenvalue weighted by molar-refractivity contribution is 4.78. The van der Waals surface area contributed by atoms with Gasteiger partial charge in [0.05, 0.1) is 6.10 Å². The van der Waals surface area contributed by atoms with Gasteiger partial charge in [-0.3, -0.25) is 0 Å². The zero-order valence-electron chi connectivity index (χ0n) is 8.09. The number of rotatable bonds is 4. The van der Waals surface area contributed by atoms with Gasteiger partial charge in [0, 0.05) is 12.6 Å². The zero-order valence-corrected chi connectivity index (χ0v) is 8.09. The Kier molecular flexibility index (Phi) is 4.62. The number of hydrogen-bond donors (Lipinski definition) is 1. The van der Waals surface area contributed by atoms with Crippen molar-refractivity contribution in [3.8, 4) is 0 Å². The normalized spacial score (nSPS) is 30.5. The van der Waals surface area contributed by atoms with Crippen LogP contribution in [0.3, 0.4) is 0 Å².